The van der Waals surface area contributed by atoms with E-state index in [-0.39, 0.29) is 5.76 Å². The van der Waals surface area contributed by atoms with Crippen molar-refractivity contribution in [2.75, 3.05) is 10.5 Å². The van der Waals surface area contributed by atoms with Gasteiger partial charge in [-0.15, -0.1) is 12.6 Å². The van der Waals surface area contributed by atoms with Crippen molar-refractivity contribution < 1.29 is 5.11 Å². The van der Waals surface area contributed by atoms with E-state index in [0.717, 1.165) is 15.5 Å². The quantitative estimate of drug-likeness (QED) is 0.295. The van der Waals surface area contributed by atoms with Gasteiger partial charge in [0.1, 0.15) is 5.76 Å². The molecule has 0 saturated carbocycles. The summed E-state index contributed by atoms with van der Waals surface area (Å²) >= 11 is 5.70. The lowest BCUT2D eigenvalue weighted by Crippen LogP contribution is -1.93. The van der Waals surface area contributed by atoms with E-state index < -0.39 is 0 Å². The summed E-state index contributed by atoms with van der Waals surface area (Å²) in [5.74, 6) is 0.0613. The fourth-order valence-electron chi connectivity index (χ4n) is 1.47. The summed E-state index contributed by atoms with van der Waals surface area (Å²) in [6, 6.07) is 13.0. The molecule has 0 fully saturated rings. The Morgan fingerprint density at radius 2 is 1.89 bits per heavy atom. The highest BCUT2D eigenvalue weighted by atomic mass is 32.2. The molecule has 5 heteroatoms. The van der Waals surface area contributed by atoms with E-state index in [0.29, 0.717) is 11.3 Å². The minimum Gasteiger partial charge on any atom is -0.508 e. The molecule has 0 saturated heterocycles. The molecule has 0 heterocycles. The van der Waals surface area contributed by atoms with Gasteiger partial charge < -0.3 is 15.6 Å². The molecule has 19 heavy (non-hydrogen) atoms. The summed E-state index contributed by atoms with van der Waals surface area (Å²) in [6.07, 6.45) is 0. The van der Waals surface area contributed by atoms with Crippen molar-refractivity contribution in [1.29, 1.82) is 0 Å². The van der Waals surface area contributed by atoms with Crippen LogP contribution in [0.5, 0.6) is 0 Å². The maximum absolute atomic E-state index is 9.24. The molecule has 0 amide bonds. The number of anilines is 2. The van der Waals surface area contributed by atoms with Crippen LogP contribution in [0.1, 0.15) is 5.56 Å². The summed E-state index contributed by atoms with van der Waals surface area (Å²) in [5, 5.41) is 9.24. The number of aliphatic hydroxyl groups excluding tert-OH is 1. The third-order valence-corrected chi connectivity index (χ3v) is 3.84. The Balaban J connectivity index is 2.06. The third-order valence-electron chi connectivity index (χ3n) is 2.54. The number of thiol groups is 1. The zero-order valence-corrected chi connectivity index (χ0v) is 11.8. The van der Waals surface area contributed by atoms with Crippen LogP contribution < -0.4 is 10.5 Å². The molecule has 2 aromatic carbocycles. The molecule has 98 valence electrons. The summed E-state index contributed by atoms with van der Waals surface area (Å²) in [7, 11) is 0. The zero-order valence-electron chi connectivity index (χ0n) is 10.1. The molecule has 0 aliphatic carbocycles. The smallest absolute Gasteiger partial charge is 0.115 e. The Hall–Kier alpha value is -1.72. The predicted molar refractivity (Wildman–Crippen MR) is 85.7 cm³/mol. The summed E-state index contributed by atoms with van der Waals surface area (Å²) in [6.45, 7) is 3.47. The zero-order chi connectivity index (χ0) is 13.8. The van der Waals surface area contributed by atoms with E-state index in [4.69, 9.17) is 5.73 Å². The first-order chi connectivity index (χ1) is 9.08. The fraction of sp³-hybridized carbons (Fsp3) is 0. The molecule has 3 nitrogen and oxygen atoms in total. The highest BCUT2D eigenvalue weighted by molar-refractivity contribution is 8.00. The number of benzene rings is 2. The Bertz CT molecular complexity index is 597. The fourth-order valence-corrected chi connectivity index (χ4v) is 2.48. The Labute approximate surface area is 122 Å². The van der Waals surface area contributed by atoms with Crippen LogP contribution in [0.3, 0.4) is 0 Å². The molecule has 2 aromatic rings. The van der Waals surface area contributed by atoms with Crippen LogP contribution in [-0.2, 0) is 0 Å². The van der Waals surface area contributed by atoms with Gasteiger partial charge in [-0.1, -0.05) is 12.6 Å². The van der Waals surface area contributed by atoms with Gasteiger partial charge in [0.25, 0.3) is 0 Å². The van der Waals surface area contributed by atoms with Crippen molar-refractivity contribution in [1.82, 2.24) is 0 Å². The SMILES string of the molecule is C=C(O)c1ccc(NSc2cccc(S)c2N)cc1. The Morgan fingerprint density at radius 3 is 2.53 bits per heavy atom. The van der Waals surface area contributed by atoms with Gasteiger partial charge >= 0.3 is 0 Å². The molecule has 0 radical (unpaired) electrons. The number of hydrogen-bond acceptors (Lipinski definition) is 5. The van der Waals surface area contributed by atoms with Crippen molar-refractivity contribution in [2.24, 2.45) is 0 Å². The van der Waals surface area contributed by atoms with Gasteiger partial charge in [-0.3, -0.25) is 0 Å². The highest BCUT2D eigenvalue weighted by Gasteiger charge is 2.03. The van der Waals surface area contributed by atoms with Crippen LogP contribution in [0.4, 0.5) is 11.4 Å². The maximum Gasteiger partial charge on any atom is 0.115 e. The lowest BCUT2D eigenvalue weighted by atomic mass is 10.2. The number of nitrogens with two attached hydrogens (primary N) is 1. The molecule has 0 atom stereocenters. The van der Waals surface area contributed by atoms with E-state index >= 15 is 0 Å². The Morgan fingerprint density at radius 1 is 1.21 bits per heavy atom. The van der Waals surface area contributed by atoms with E-state index in [1.807, 2.05) is 30.3 Å². The second-order valence-electron chi connectivity index (χ2n) is 3.92. The number of nitrogen functional groups attached to an aromatic ring is 1. The second kappa shape index (κ2) is 5.95. The van der Waals surface area contributed by atoms with Gasteiger partial charge in [0.15, 0.2) is 0 Å². The first-order valence-corrected chi connectivity index (χ1v) is 6.83. The second-order valence-corrected chi connectivity index (χ2v) is 5.25. The van der Waals surface area contributed by atoms with Crippen LogP contribution in [0, 0.1) is 0 Å². The van der Waals surface area contributed by atoms with Gasteiger partial charge in [-0.2, -0.15) is 0 Å². The van der Waals surface area contributed by atoms with Gasteiger partial charge in [0.2, 0.25) is 0 Å². The standard InChI is InChI=1S/C14H14N2OS2/c1-9(17)10-5-7-11(8-6-10)16-19-13-4-2-3-12(18)14(13)15/h2-8,16-18H,1,15H2. The molecule has 0 bridgehead atoms. The van der Waals surface area contributed by atoms with Crippen molar-refractivity contribution in [3.63, 3.8) is 0 Å². The number of aliphatic hydroxyl groups is 1. The van der Waals surface area contributed by atoms with E-state index in [9.17, 15) is 5.11 Å². The van der Waals surface area contributed by atoms with Crippen LogP contribution in [0.2, 0.25) is 0 Å². The predicted octanol–water partition coefficient (Wildman–Crippen LogP) is 4.21. The van der Waals surface area contributed by atoms with Crippen LogP contribution >= 0.6 is 24.6 Å². The molecule has 0 aliphatic heterocycles. The first-order valence-electron chi connectivity index (χ1n) is 5.56. The van der Waals surface area contributed by atoms with Gasteiger partial charge in [0.05, 0.1) is 10.6 Å². The average molecular weight is 290 g/mol. The minimum atomic E-state index is 0.0613. The van der Waals surface area contributed by atoms with E-state index in [1.54, 1.807) is 12.1 Å². The minimum absolute atomic E-state index is 0.0613. The van der Waals surface area contributed by atoms with Crippen molar-refractivity contribution >= 4 is 41.7 Å². The van der Waals surface area contributed by atoms with Crippen LogP contribution in [-0.4, -0.2) is 5.11 Å². The van der Waals surface area contributed by atoms with Crippen molar-refractivity contribution in [2.45, 2.75) is 9.79 Å². The van der Waals surface area contributed by atoms with E-state index in [1.165, 1.54) is 11.9 Å². The normalized spacial score (nSPS) is 10.2. The summed E-state index contributed by atoms with van der Waals surface area (Å²) in [5.41, 5.74) is 8.20. The van der Waals surface area contributed by atoms with Gasteiger partial charge in [-0.05, 0) is 48.3 Å². The van der Waals surface area contributed by atoms with Crippen molar-refractivity contribution in [3.05, 3.63) is 54.6 Å². The topological polar surface area (TPSA) is 58.3 Å². The lowest BCUT2D eigenvalue weighted by molar-refractivity contribution is 0.514. The van der Waals surface area contributed by atoms with Crippen LogP contribution in [0.15, 0.2) is 58.8 Å². The third kappa shape index (κ3) is 3.39. The van der Waals surface area contributed by atoms with Crippen LogP contribution in [0.25, 0.3) is 5.76 Å². The molecule has 0 aromatic heterocycles. The summed E-state index contributed by atoms with van der Waals surface area (Å²) < 4.78 is 3.19. The molecule has 0 aliphatic rings. The monoisotopic (exact) mass is 290 g/mol. The Kier molecular flexibility index (Phi) is 4.29. The van der Waals surface area contributed by atoms with E-state index in [2.05, 4.69) is 23.9 Å². The highest BCUT2D eigenvalue weighted by Crippen LogP contribution is 2.30. The van der Waals surface area contributed by atoms with Gasteiger partial charge in [-0.25, -0.2) is 0 Å². The van der Waals surface area contributed by atoms with Crippen molar-refractivity contribution in [3.8, 4) is 0 Å². The molecule has 2 rings (SSSR count). The molecular weight excluding hydrogens is 276 g/mol. The molecular formula is C14H14N2OS2. The number of rotatable bonds is 4. The number of hydrogen-bond donors (Lipinski definition) is 4. The molecule has 0 unspecified atom stereocenters. The van der Waals surface area contributed by atoms with Gasteiger partial charge in [0, 0.05) is 16.1 Å². The average Bonchev–Trinajstić information content (AvgIpc) is 2.41. The molecule has 4 N–H and O–H groups in total. The number of para-hydroxylation sites is 1. The number of nitrogens with one attached hydrogen (secondary N) is 1. The lowest BCUT2D eigenvalue weighted by Gasteiger charge is -2.09. The summed E-state index contributed by atoms with van der Waals surface area (Å²) in [4.78, 5) is 1.68. The molecule has 0 spiro atoms. The first kappa shape index (κ1) is 13.7. The largest absolute Gasteiger partial charge is 0.508 e. The maximum atomic E-state index is 9.24.